The minimum absolute atomic E-state index is 0.0808. The van der Waals surface area contributed by atoms with Crippen LogP contribution in [0.1, 0.15) is 33.0 Å². The van der Waals surface area contributed by atoms with Crippen molar-refractivity contribution in [1.82, 2.24) is 14.9 Å². The molecule has 198 valence electrons. The number of alkyl halides is 1. The van der Waals surface area contributed by atoms with Gasteiger partial charge in [-0.25, -0.2) is 14.8 Å². The second-order valence-corrected chi connectivity index (χ2v) is 11.5. The summed E-state index contributed by atoms with van der Waals surface area (Å²) >= 11 is 16.8. The number of aromatic nitrogens is 2. The van der Waals surface area contributed by atoms with E-state index in [1.165, 1.54) is 0 Å². The third kappa shape index (κ3) is 6.07. The zero-order chi connectivity index (χ0) is 26.9. The van der Waals surface area contributed by atoms with Crippen LogP contribution in [0.4, 0.5) is 4.79 Å². The van der Waals surface area contributed by atoms with Crippen LogP contribution in [-0.2, 0) is 11.2 Å². The van der Waals surface area contributed by atoms with Gasteiger partial charge in [0.25, 0.3) is 0 Å². The van der Waals surface area contributed by atoms with Gasteiger partial charge >= 0.3 is 6.09 Å². The van der Waals surface area contributed by atoms with Gasteiger partial charge in [0.15, 0.2) is 0 Å². The van der Waals surface area contributed by atoms with Crippen LogP contribution in [0.15, 0.2) is 30.5 Å². The first kappa shape index (κ1) is 27.7. The van der Waals surface area contributed by atoms with E-state index in [0.717, 1.165) is 28.7 Å². The largest absolute Gasteiger partial charge is 0.495 e. The summed E-state index contributed by atoms with van der Waals surface area (Å²) in [4.78, 5) is 23.9. The Morgan fingerprint density at radius 2 is 1.81 bits per heavy atom. The van der Waals surface area contributed by atoms with E-state index in [9.17, 15) is 4.79 Å². The van der Waals surface area contributed by atoms with E-state index in [4.69, 9.17) is 42.4 Å². The second kappa shape index (κ2) is 11.2. The number of ether oxygens (including phenoxy) is 3. The molecule has 0 N–H and O–H groups in total. The molecule has 0 aliphatic carbocycles. The molecule has 0 bridgehead atoms. The predicted molar refractivity (Wildman–Crippen MR) is 150 cm³/mol. The molecule has 7 nitrogen and oxygen atoms in total. The van der Waals surface area contributed by atoms with Gasteiger partial charge in [-0.05, 0) is 50.8 Å². The Balaban J connectivity index is 1.56. The van der Waals surface area contributed by atoms with Crippen molar-refractivity contribution in [3.8, 4) is 22.6 Å². The summed E-state index contributed by atoms with van der Waals surface area (Å²) < 4.78 is 16.4. The van der Waals surface area contributed by atoms with Crippen molar-refractivity contribution in [3.05, 3.63) is 46.3 Å². The van der Waals surface area contributed by atoms with E-state index in [0.29, 0.717) is 45.4 Å². The molecule has 0 spiro atoms. The summed E-state index contributed by atoms with van der Waals surface area (Å²) in [5.74, 6) is 1.93. The maximum atomic E-state index is 12.7. The van der Waals surface area contributed by atoms with Gasteiger partial charge in [-0.1, -0.05) is 45.2 Å². The van der Waals surface area contributed by atoms with Crippen molar-refractivity contribution in [2.24, 2.45) is 5.92 Å². The third-order valence-electron chi connectivity index (χ3n) is 6.27. The molecule has 10 heteroatoms. The Bertz CT molecular complexity index is 1290. The van der Waals surface area contributed by atoms with Gasteiger partial charge in [-0.3, -0.25) is 0 Å². The molecule has 1 aromatic heterocycles. The van der Waals surface area contributed by atoms with Crippen molar-refractivity contribution in [1.29, 1.82) is 0 Å². The van der Waals surface area contributed by atoms with Crippen LogP contribution < -0.4 is 9.47 Å². The molecular formula is C27H30BrCl2N3O4. The first-order valence-electron chi connectivity index (χ1n) is 12.0. The van der Waals surface area contributed by atoms with Crippen LogP contribution in [0.5, 0.6) is 11.5 Å². The molecule has 0 radical (unpaired) electrons. The smallest absolute Gasteiger partial charge is 0.410 e. The minimum atomic E-state index is -0.531. The number of methoxy groups -OCH3 is 2. The van der Waals surface area contributed by atoms with Gasteiger partial charge in [0.05, 0.1) is 29.8 Å². The molecule has 1 aliphatic heterocycles. The number of amides is 1. The Hall–Kier alpha value is -2.29. The molecule has 37 heavy (non-hydrogen) atoms. The Labute approximate surface area is 235 Å². The zero-order valence-corrected chi connectivity index (χ0v) is 24.6. The number of carbonyl (C=O) groups is 1. The summed E-state index contributed by atoms with van der Waals surface area (Å²) in [5, 5.41) is 2.37. The number of benzene rings is 2. The molecule has 2 heterocycles. The number of fused-ring (bicyclic) bond motifs is 1. The first-order valence-corrected chi connectivity index (χ1v) is 13.8. The Morgan fingerprint density at radius 1 is 1.14 bits per heavy atom. The Morgan fingerprint density at radius 3 is 2.41 bits per heavy atom. The summed E-state index contributed by atoms with van der Waals surface area (Å²) in [6.45, 7) is 6.24. The number of likely N-dealkylation sites (tertiary alicyclic amines) is 1. The highest BCUT2D eigenvalue weighted by Crippen LogP contribution is 2.46. The SMILES string of the molecule is COc1cc(OC)c(Cl)c(-c2ccc3nc(C[C@H]4C[C@@H](CBr)N(C(=O)OC(C)(C)C)C4)ncc3c2)c1Cl. The maximum Gasteiger partial charge on any atom is 0.410 e. The van der Waals surface area contributed by atoms with Crippen molar-refractivity contribution in [2.45, 2.75) is 45.3 Å². The average molecular weight is 611 g/mol. The van der Waals surface area contributed by atoms with Crippen LogP contribution in [0.2, 0.25) is 10.0 Å². The maximum absolute atomic E-state index is 12.7. The fourth-order valence-electron chi connectivity index (χ4n) is 4.57. The summed E-state index contributed by atoms with van der Waals surface area (Å²) in [7, 11) is 3.09. The van der Waals surface area contributed by atoms with Gasteiger partial charge < -0.3 is 19.1 Å². The van der Waals surface area contributed by atoms with Gasteiger partial charge in [0.1, 0.15) is 22.9 Å². The van der Waals surface area contributed by atoms with Gasteiger partial charge in [0, 0.05) is 47.6 Å². The van der Waals surface area contributed by atoms with Gasteiger partial charge in [0.2, 0.25) is 0 Å². The van der Waals surface area contributed by atoms with E-state index in [1.54, 1.807) is 20.3 Å². The molecule has 2 aromatic carbocycles. The van der Waals surface area contributed by atoms with E-state index in [1.807, 2.05) is 50.1 Å². The van der Waals surface area contributed by atoms with E-state index in [2.05, 4.69) is 20.9 Å². The molecule has 1 saturated heterocycles. The molecule has 1 amide bonds. The van der Waals surface area contributed by atoms with Gasteiger partial charge in [-0.2, -0.15) is 0 Å². The molecule has 3 aromatic rings. The highest BCUT2D eigenvalue weighted by molar-refractivity contribution is 9.09. The Kier molecular flexibility index (Phi) is 8.41. The van der Waals surface area contributed by atoms with Gasteiger partial charge in [-0.15, -0.1) is 0 Å². The number of hydrogen-bond donors (Lipinski definition) is 0. The molecule has 0 saturated carbocycles. The normalized spacial score (nSPS) is 17.8. The number of nitrogens with zero attached hydrogens (tertiary/aromatic N) is 3. The van der Waals surface area contributed by atoms with Crippen molar-refractivity contribution in [2.75, 3.05) is 26.1 Å². The lowest BCUT2D eigenvalue weighted by Crippen LogP contribution is -2.40. The third-order valence-corrected chi connectivity index (χ3v) is 7.77. The quantitative estimate of drug-likeness (QED) is 0.275. The van der Waals surface area contributed by atoms with Crippen LogP contribution in [0.25, 0.3) is 22.0 Å². The second-order valence-electron chi connectivity index (χ2n) is 10.1. The standard InChI is InChI=1S/C27H30BrCl2N3O4/c1-27(2,3)37-26(34)33-14-15(8-18(33)12-28)9-22-31-13-17-10-16(6-7-19(17)32-22)23-24(29)20(35-4)11-21(36-5)25(23)30/h6-7,10-11,13,15,18H,8-9,12,14H2,1-5H3/t15-,18+/m1/s1. The van der Waals surface area contributed by atoms with E-state index >= 15 is 0 Å². The number of halogens is 3. The average Bonchev–Trinajstić information content (AvgIpc) is 3.26. The number of hydrogen-bond acceptors (Lipinski definition) is 6. The topological polar surface area (TPSA) is 73.8 Å². The van der Waals surface area contributed by atoms with E-state index < -0.39 is 5.60 Å². The summed E-state index contributed by atoms with van der Waals surface area (Å²) in [5.41, 5.74) is 1.71. The zero-order valence-electron chi connectivity index (χ0n) is 21.5. The lowest BCUT2D eigenvalue weighted by molar-refractivity contribution is 0.0237. The number of rotatable bonds is 6. The lowest BCUT2D eigenvalue weighted by Gasteiger charge is -2.27. The van der Waals surface area contributed by atoms with Crippen molar-refractivity contribution in [3.63, 3.8) is 0 Å². The molecule has 2 atom stereocenters. The first-order chi connectivity index (χ1) is 17.5. The fourth-order valence-corrected chi connectivity index (χ4v) is 5.91. The summed E-state index contributed by atoms with van der Waals surface area (Å²) in [6.07, 6.45) is 3.06. The fraction of sp³-hybridized carbons (Fsp3) is 0.444. The highest BCUT2D eigenvalue weighted by atomic mass is 79.9. The van der Waals surface area contributed by atoms with Crippen LogP contribution in [0, 0.1) is 5.92 Å². The molecule has 0 unspecified atom stereocenters. The molecule has 4 rings (SSSR count). The summed E-state index contributed by atoms with van der Waals surface area (Å²) in [6, 6.07) is 7.55. The molecule has 1 aliphatic rings. The molecule has 1 fully saturated rings. The highest BCUT2D eigenvalue weighted by Gasteiger charge is 2.37. The van der Waals surface area contributed by atoms with Crippen LogP contribution in [0.3, 0.4) is 0 Å². The predicted octanol–water partition coefficient (Wildman–Crippen LogP) is 7.18. The lowest BCUT2D eigenvalue weighted by atomic mass is 10.0. The number of carbonyl (C=O) groups excluding carboxylic acids is 1. The molecular weight excluding hydrogens is 581 g/mol. The minimum Gasteiger partial charge on any atom is -0.495 e. The van der Waals surface area contributed by atoms with Crippen molar-refractivity contribution < 1.29 is 19.0 Å². The monoisotopic (exact) mass is 609 g/mol. The van der Waals surface area contributed by atoms with E-state index in [-0.39, 0.29) is 18.1 Å². The van der Waals surface area contributed by atoms with Crippen LogP contribution in [-0.4, -0.2) is 58.7 Å². The van der Waals surface area contributed by atoms with Crippen molar-refractivity contribution >= 4 is 56.1 Å². The van der Waals surface area contributed by atoms with Crippen LogP contribution >= 0.6 is 39.1 Å².